The van der Waals surface area contributed by atoms with Gasteiger partial charge in [-0.05, 0) is 23.6 Å². The molecule has 4 nitrogen and oxygen atoms in total. The Labute approximate surface area is 123 Å². The van der Waals surface area contributed by atoms with Gasteiger partial charge in [-0.1, -0.05) is 48.9 Å². The predicted molar refractivity (Wildman–Crippen MR) is 81.5 cm³/mol. The summed E-state index contributed by atoms with van der Waals surface area (Å²) in [5.41, 5.74) is 1.28. The van der Waals surface area contributed by atoms with Crippen LogP contribution in [-0.2, 0) is 10.0 Å². The number of aromatic nitrogens is 1. The van der Waals surface area contributed by atoms with Crippen molar-refractivity contribution < 1.29 is 8.42 Å². The minimum Gasteiger partial charge on any atom is -0.280 e. The number of nitrogens with zero attached hydrogens (tertiary/aromatic N) is 1. The van der Waals surface area contributed by atoms with Gasteiger partial charge in [0.25, 0.3) is 0 Å². The average Bonchev–Trinajstić information content (AvgIpc) is 2.41. The Morgan fingerprint density at radius 3 is 2.55 bits per heavy atom. The minimum atomic E-state index is -3.48. The maximum absolute atomic E-state index is 12.1. The summed E-state index contributed by atoms with van der Waals surface area (Å²) in [5, 5.41) is 0.142. The maximum Gasteiger partial charge on any atom is 0.233 e. The van der Waals surface area contributed by atoms with Crippen molar-refractivity contribution in [1.82, 2.24) is 4.98 Å². The van der Waals surface area contributed by atoms with Gasteiger partial charge in [-0.2, -0.15) is 0 Å². The zero-order valence-corrected chi connectivity index (χ0v) is 12.5. The summed E-state index contributed by atoms with van der Waals surface area (Å²) in [6, 6.07) is 12.7. The molecule has 0 aliphatic carbocycles. The van der Waals surface area contributed by atoms with E-state index in [1.165, 1.54) is 6.20 Å². The van der Waals surface area contributed by atoms with Gasteiger partial charge in [0.15, 0.2) is 5.15 Å². The number of benzene rings is 1. The average molecular weight is 311 g/mol. The highest BCUT2D eigenvalue weighted by Crippen LogP contribution is 2.22. The van der Waals surface area contributed by atoms with Crippen molar-refractivity contribution in [3.05, 3.63) is 59.4 Å². The van der Waals surface area contributed by atoms with E-state index in [0.29, 0.717) is 5.69 Å². The van der Waals surface area contributed by atoms with E-state index in [0.717, 1.165) is 5.56 Å². The Morgan fingerprint density at radius 1 is 1.20 bits per heavy atom. The van der Waals surface area contributed by atoms with Crippen LogP contribution in [0.4, 0.5) is 5.69 Å². The third kappa shape index (κ3) is 3.95. The van der Waals surface area contributed by atoms with Crippen LogP contribution in [0.3, 0.4) is 0 Å². The molecule has 2 rings (SSSR count). The lowest BCUT2D eigenvalue weighted by Crippen LogP contribution is -2.20. The van der Waals surface area contributed by atoms with E-state index in [1.807, 2.05) is 37.3 Å². The number of sulfonamides is 1. The Kier molecular flexibility index (Phi) is 4.62. The van der Waals surface area contributed by atoms with Crippen molar-refractivity contribution >= 4 is 27.3 Å². The van der Waals surface area contributed by atoms with Crippen LogP contribution in [0.2, 0.25) is 5.15 Å². The van der Waals surface area contributed by atoms with Gasteiger partial charge >= 0.3 is 0 Å². The van der Waals surface area contributed by atoms with E-state index in [2.05, 4.69) is 9.71 Å². The summed E-state index contributed by atoms with van der Waals surface area (Å²) in [5.74, 6) is -0.119. The second-order valence-corrected chi connectivity index (χ2v) is 6.66. The molecule has 0 aliphatic rings. The zero-order valence-electron chi connectivity index (χ0n) is 11.0. The van der Waals surface area contributed by atoms with E-state index in [4.69, 9.17) is 11.6 Å². The van der Waals surface area contributed by atoms with Gasteiger partial charge in [-0.25, -0.2) is 13.4 Å². The van der Waals surface area contributed by atoms with Crippen LogP contribution in [-0.4, -0.2) is 19.2 Å². The molecule has 2 aromatic rings. The molecular weight excluding hydrogens is 296 g/mol. The standard InChI is InChI=1S/C14H15ClN2O2S/c1-11(12-6-3-2-4-7-12)10-20(18,19)17-13-8-5-9-16-14(13)15/h2-9,11,17H,10H2,1H3. The van der Waals surface area contributed by atoms with Crippen molar-refractivity contribution in [1.29, 1.82) is 0 Å². The molecule has 6 heteroatoms. The van der Waals surface area contributed by atoms with Gasteiger partial charge in [-0.3, -0.25) is 4.72 Å². The molecule has 0 bridgehead atoms. The molecule has 0 radical (unpaired) electrons. The van der Waals surface area contributed by atoms with Crippen LogP contribution >= 0.6 is 11.6 Å². The smallest absolute Gasteiger partial charge is 0.233 e. The zero-order chi connectivity index (χ0) is 14.6. The molecule has 1 unspecified atom stereocenters. The molecule has 1 atom stereocenters. The summed E-state index contributed by atoms with van der Waals surface area (Å²) in [6.45, 7) is 1.87. The first-order chi connectivity index (χ1) is 9.48. The fourth-order valence-electron chi connectivity index (χ4n) is 1.88. The Bertz CT molecular complexity index is 675. The highest BCUT2D eigenvalue weighted by Gasteiger charge is 2.18. The molecule has 20 heavy (non-hydrogen) atoms. The monoisotopic (exact) mass is 310 g/mol. The Morgan fingerprint density at radius 2 is 1.90 bits per heavy atom. The van der Waals surface area contributed by atoms with Crippen LogP contribution < -0.4 is 4.72 Å². The number of hydrogen-bond acceptors (Lipinski definition) is 3. The first kappa shape index (κ1) is 14.8. The van der Waals surface area contributed by atoms with E-state index in [9.17, 15) is 8.42 Å². The SMILES string of the molecule is CC(CS(=O)(=O)Nc1cccnc1Cl)c1ccccc1. The second-order valence-electron chi connectivity index (χ2n) is 4.54. The predicted octanol–water partition coefficient (Wildman–Crippen LogP) is 3.28. The van der Waals surface area contributed by atoms with E-state index in [1.54, 1.807) is 12.1 Å². The normalized spacial score (nSPS) is 12.9. The van der Waals surface area contributed by atoms with Crippen molar-refractivity contribution in [3.63, 3.8) is 0 Å². The summed E-state index contributed by atoms with van der Waals surface area (Å²) in [6.07, 6.45) is 1.51. The van der Waals surface area contributed by atoms with E-state index >= 15 is 0 Å². The maximum atomic E-state index is 12.1. The molecule has 0 saturated heterocycles. The molecular formula is C14H15ClN2O2S. The fraction of sp³-hybridized carbons (Fsp3) is 0.214. The van der Waals surface area contributed by atoms with Gasteiger partial charge in [0.1, 0.15) is 0 Å². The molecule has 1 heterocycles. The molecule has 1 N–H and O–H groups in total. The molecule has 0 saturated carbocycles. The third-order valence-electron chi connectivity index (χ3n) is 2.86. The van der Waals surface area contributed by atoms with Gasteiger partial charge in [0, 0.05) is 6.20 Å². The summed E-state index contributed by atoms with van der Waals surface area (Å²) in [7, 11) is -3.48. The van der Waals surface area contributed by atoms with Crippen molar-refractivity contribution in [2.24, 2.45) is 0 Å². The fourth-order valence-corrected chi connectivity index (χ4v) is 3.53. The largest absolute Gasteiger partial charge is 0.280 e. The lowest BCUT2D eigenvalue weighted by molar-refractivity contribution is 0.595. The summed E-state index contributed by atoms with van der Waals surface area (Å²) in [4.78, 5) is 3.84. The van der Waals surface area contributed by atoms with Crippen LogP contribution in [0.5, 0.6) is 0 Å². The topological polar surface area (TPSA) is 59.1 Å². The minimum absolute atomic E-state index is 0.0117. The Balaban J connectivity index is 2.10. The van der Waals surface area contributed by atoms with Crippen molar-refractivity contribution in [2.45, 2.75) is 12.8 Å². The molecule has 106 valence electrons. The summed E-state index contributed by atoms with van der Waals surface area (Å²) < 4.78 is 26.7. The van der Waals surface area contributed by atoms with E-state index in [-0.39, 0.29) is 16.8 Å². The molecule has 1 aromatic heterocycles. The second kappa shape index (κ2) is 6.24. The van der Waals surface area contributed by atoms with Crippen LogP contribution in [0, 0.1) is 0 Å². The number of anilines is 1. The highest BCUT2D eigenvalue weighted by molar-refractivity contribution is 7.92. The first-order valence-electron chi connectivity index (χ1n) is 6.14. The highest BCUT2D eigenvalue weighted by atomic mass is 35.5. The third-order valence-corrected chi connectivity index (χ3v) is 4.63. The van der Waals surface area contributed by atoms with E-state index < -0.39 is 10.0 Å². The lowest BCUT2D eigenvalue weighted by atomic mass is 10.0. The molecule has 0 fully saturated rings. The molecule has 0 spiro atoms. The van der Waals surface area contributed by atoms with Crippen LogP contribution in [0.25, 0.3) is 0 Å². The first-order valence-corrected chi connectivity index (χ1v) is 8.17. The molecule has 1 aromatic carbocycles. The number of rotatable bonds is 5. The van der Waals surface area contributed by atoms with Crippen LogP contribution in [0.1, 0.15) is 18.4 Å². The van der Waals surface area contributed by atoms with Crippen molar-refractivity contribution in [3.8, 4) is 0 Å². The quantitative estimate of drug-likeness (QED) is 0.862. The van der Waals surface area contributed by atoms with Gasteiger partial charge in [-0.15, -0.1) is 0 Å². The number of hydrogen-bond donors (Lipinski definition) is 1. The van der Waals surface area contributed by atoms with Gasteiger partial charge in [0.2, 0.25) is 10.0 Å². The lowest BCUT2D eigenvalue weighted by Gasteiger charge is -2.14. The Hall–Kier alpha value is -1.59. The number of nitrogens with one attached hydrogen (secondary N) is 1. The molecule has 0 amide bonds. The van der Waals surface area contributed by atoms with Crippen molar-refractivity contribution in [2.75, 3.05) is 10.5 Å². The van der Waals surface area contributed by atoms with Crippen LogP contribution in [0.15, 0.2) is 48.7 Å². The van der Waals surface area contributed by atoms with Gasteiger partial charge < -0.3 is 0 Å². The molecule has 0 aliphatic heterocycles. The number of halogens is 1. The van der Waals surface area contributed by atoms with Gasteiger partial charge in [0.05, 0.1) is 11.4 Å². The number of pyridine rings is 1. The summed E-state index contributed by atoms with van der Waals surface area (Å²) >= 11 is 5.85.